The number of nitrogens with zero attached hydrogens (tertiary/aromatic N) is 1. The van der Waals surface area contributed by atoms with Crippen LogP contribution in [-0.4, -0.2) is 16.1 Å². The topological polar surface area (TPSA) is 50.2 Å². The number of benzene rings is 1. The van der Waals surface area contributed by atoms with E-state index in [0.717, 1.165) is 0 Å². The van der Waals surface area contributed by atoms with E-state index < -0.39 is 11.8 Å². The van der Waals surface area contributed by atoms with Crippen LogP contribution in [0.4, 0.5) is 4.39 Å². The van der Waals surface area contributed by atoms with Gasteiger partial charge in [-0.1, -0.05) is 17.7 Å². The Hall–Kier alpha value is -1.68. The lowest BCUT2D eigenvalue weighted by atomic mass is 10.1. The molecule has 0 spiro atoms. The van der Waals surface area contributed by atoms with E-state index in [4.69, 9.17) is 16.7 Å². The van der Waals surface area contributed by atoms with Crippen LogP contribution in [0.15, 0.2) is 24.4 Å². The van der Waals surface area contributed by atoms with Gasteiger partial charge in [0.15, 0.2) is 0 Å². The van der Waals surface area contributed by atoms with E-state index in [1.54, 1.807) is 0 Å². The summed E-state index contributed by atoms with van der Waals surface area (Å²) in [6.07, 6.45) is 1.33. The summed E-state index contributed by atoms with van der Waals surface area (Å²) >= 11 is 5.74. The molecule has 0 amide bonds. The second-order valence-corrected chi connectivity index (χ2v) is 3.29. The number of rotatable bonds is 1. The number of hydrogen-bond acceptors (Lipinski definition) is 2. The molecule has 0 aliphatic heterocycles. The van der Waals surface area contributed by atoms with Gasteiger partial charge in [-0.05, 0) is 12.1 Å². The number of carboxylic acids is 1. The van der Waals surface area contributed by atoms with Crippen molar-refractivity contribution >= 4 is 28.3 Å². The first kappa shape index (κ1) is 9.86. The van der Waals surface area contributed by atoms with Gasteiger partial charge in [-0.2, -0.15) is 0 Å². The van der Waals surface area contributed by atoms with Crippen molar-refractivity contribution in [2.24, 2.45) is 0 Å². The van der Waals surface area contributed by atoms with Crippen molar-refractivity contribution in [2.45, 2.75) is 0 Å². The Morgan fingerprint density at radius 3 is 2.73 bits per heavy atom. The van der Waals surface area contributed by atoms with Gasteiger partial charge in [-0.3, -0.25) is 0 Å². The van der Waals surface area contributed by atoms with Gasteiger partial charge in [0.05, 0.1) is 5.56 Å². The first-order valence-corrected chi connectivity index (χ1v) is 4.45. The van der Waals surface area contributed by atoms with E-state index in [9.17, 15) is 9.18 Å². The summed E-state index contributed by atoms with van der Waals surface area (Å²) < 4.78 is 13.6. The Morgan fingerprint density at radius 1 is 1.33 bits per heavy atom. The summed E-state index contributed by atoms with van der Waals surface area (Å²) in [4.78, 5) is 14.4. The first-order chi connectivity index (χ1) is 7.11. The number of pyridine rings is 1. The highest BCUT2D eigenvalue weighted by Gasteiger charge is 2.14. The van der Waals surface area contributed by atoms with E-state index >= 15 is 0 Å². The fraction of sp³-hybridized carbons (Fsp3) is 0. The minimum Gasteiger partial charge on any atom is -0.478 e. The van der Waals surface area contributed by atoms with Crippen LogP contribution in [-0.2, 0) is 0 Å². The molecule has 0 unspecified atom stereocenters. The van der Waals surface area contributed by atoms with Crippen molar-refractivity contribution in [3.63, 3.8) is 0 Å². The zero-order valence-corrected chi connectivity index (χ0v) is 8.12. The first-order valence-electron chi connectivity index (χ1n) is 4.07. The Labute approximate surface area is 89.1 Å². The molecular weight excluding hydrogens is 221 g/mol. The molecule has 0 saturated carbocycles. The molecule has 76 valence electrons. The van der Waals surface area contributed by atoms with Crippen LogP contribution in [0.1, 0.15) is 10.4 Å². The van der Waals surface area contributed by atoms with Crippen molar-refractivity contribution in [3.05, 3.63) is 40.9 Å². The van der Waals surface area contributed by atoms with Crippen LogP contribution in [0.25, 0.3) is 10.8 Å². The van der Waals surface area contributed by atoms with Gasteiger partial charge >= 0.3 is 5.97 Å². The van der Waals surface area contributed by atoms with Crippen LogP contribution >= 0.6 is 11.6 Å². The molecular formula is C10H5ClFNO2. The maximum absolute atomic E-state index is 13.6. The molecule has 0 bridgehead atoms. The molecule has 0 radical (unpaired) electrons. The quantitative estimate of drug-likeness (QED) is 0.760. The maximum atomic E-state index is 13.6. The fourth-order valence-electron chi connectivity index (χ4n) is 1.35. The zero-order valence-electron chi connectivity index (χ0n) is 7.37. The average molecular weight is 226 g/mol. The molecule has 0 saturated heterocycles. The molecule has 1 heterocycles. The van der Waals surface area contributed by atoms with E-state index in [1.807, 2.05) is 0 Å². The van der Waals surface area contributed by atoms with Crippen LogP contribution in [0.2, 0.25) is 5.15 Å². The van der Waals surface area contributed by atoms with Gasteiger partial charge in [-0.25, -0.2) is 14.2 Å². The van der Waals surface area contributed by atoms with E-state index in [1.165, 1.54) is 24.4 Å². The molecule has 1 aromatic heterocycles. The SMILES string of the molecule is O=C(O)c1ccc2c(Cl)nccc2c1F. The molecule has 0 fully saturated rings. The molecule has 2 rings (SSSR count). The van der Waals surface area contributed by atoms with E-state index in [0.29, 0.717) is 5.39 Å². The van der Waals surface area contributed by atoms with Crippen LogP contribution < -0.4 is 0 Å². The molecule has 1 N–H and O–H groups in total. The summed E-state index contributed by atoms with van der Waals surface area (Å²) in [5.41, 5.74) is -0.371. The number of aromatic nitrogens is 1. The summed E-state index contributed by atoms with van der Waals surface area (Å²) in [6, 6.07) is 4.01. The zero-order chi connectivity index (χ0) is 11.0. The largest absolute Gasteiger partial charge is 0.478 e. The number of fused-ring (bicyclic) bond motifs is 1. The maximum Gasteiger partial charge on any atom is 0.338 e. The standard InChI is InChI=1S/C10H5ClFNO2/c11-9-6-1-2-7(10(14)15)8(12)5(6)3-4-13-9/h1-4H,(H,14,15). The Bertz CT molecular complexity index is 556. The van der Waals surface area contributed by atoms with Gasteiger partial charge in [0.2, 0.25) is 0 Å². The minimum absolute atomic E-state index is 0.156. The molecule has 3 nitrogen and oxygen atoms in total. The monoisotopic (exact) mass is 225 g/mol. The Morgan fingerprint density at radius 2 is 2.07 bits per heavy atom. The van der Waals surface area contributed by atoms with Crippen molar-refractivity contribution < 1.29 is 14.3 Å². The smallest absolute Gasteiger partial charge is 0.338 e. The molecule has 2 aromatic rings. The lowest BCUT2D eigenvalue weighted by Gasteiger charge is -2.03. The highest BCUT2D eigenvalue weighted by molar-refractivity contribution is 6.34. The minimum atomic E-state index is -1.30. The molecule has 15 heavy (non-hydrogen) atoms. The van der Waals surface area contributed by atoms with Crippen LogP contribution in [0.3, 0.4) is 0 Å². The fourth-order valence-corrected chi connectivity index (χ4v) is 1.57. The van der Waals surface area contributed by atoms with Crippen LogP contribution in [0.5, 0.6) is 0 Å². The molecule has 0 aliphatic carbocycles. The predicted octanol–water partition coefficient (Wildman–Crippen LogP) is 2.73. The second-order valence-electron chi connectivity index (χ2n) is 2.93. The van der Waals surface area contributed by atoms with E-state index in [2.05, 4.69) is 4.98 Å². The number of carboxylic acid groups (broad SMARTS) is 1. The lowest BCUT2D eigenvalue weighted by Crippen LogP contribution is -2.00. The predicted molar refractivity (Wildman–Crippen MR) is 53.7 cm³/mol. The van der Waals surface area contributed by atoms with Crippen molar-refractivity contribution in [1.29, 1.82) is 0 Å². The van der Waals surface area contributed by atoms with Crippen LogP contribution in [0, 0.1) is 5.82 Å². The summed E-state index contributed by atoms with van der Waals surface area (Å²) in [5.74, 6) is -2.09. The van der Waals surface area contributed by atoms with Crippen molar-refractivity contribution in [1.82, 2.24) is 4.98 Å². The normalized spacial score (nSPS) is 10.5. The Balaban J connectivity index is 2.86. The summed E-state index contributed by atoms with van der Waals surface area (Å²) in [5, 5.41) is 9.43. The number of halogens is 2. The molecule has 0 atom stereocenters. The Kier molecular flexibility index (Phi) is 2.28. The highest BCUT2D eigenvalue weighted by atomic mass is 35.5. The van der Waals surface area contributed by atoms with Gasteiger partial charge in [0.1, 0.15) is 11.0 Å². The number of carbonyl (C=O) groups is 1. The molecule has 0 aliphatic rings. The van der Waals surface area contributed by atoms with Gasteiger partial charge in [-0.15, -0.1) is 0 Å². The van der Waals surface area contributed by atoms with Crippen molar-refractivity contribution in [3.8, 4) is 0 Å². The van der Waals surface area contributed by atoms with E-state index in [-0.39, 0.29) is 16.1 Å². The lowest BCUT2D eigenvalue weighted by molar-refractivity contribution is 0.0692. The highest BCUT2D eigenvalue weighted by Crippen LogP contribution is 2.25. The number of hydrogen-bond donors (Lipinski definition) is 1. The third-order valence-corrected chi connectivity index (χ3v) is 2.36. The number of aromatic carboxylic acids is 1. The van der Waals surface area contributed by atoms with Gasteiger partial charge < -0.3 is 5.11 Å². The van der Waals surface area contributed by atoms with Crippen molar-refractivity contribution in [2.75, 3.05) is 0 Å². The second kappa shape index (κ2) is 3.47. The third-order valence-electron chi connectivity index (χ3n) is 2.06. The van der Waals surface area contributed by atoms with Gasteiger partial charge in [0, 0.05) is 17.0 Å². The average Bonchev–Trinajstić information content (AvgIpc) is 2.19. The summed E-state index contributed by atoms with van der Waals surface area (Å²) in [6.45, 7) is 0. The molecule has 1 aromatic carbocycles. The summed E-state index contributed by atoms with van der Waals surface area (Å²) in [7, 11) is 0. The van der Waals surface area contributed by atoms with Gasteiger partial charge in [0.25, 0.3) is 0 Å². The molecule has 5 heteroatoms. The third kappa shape index (κ3) is 1.53.